The van der Waals surface area contributed by atoms with Crippen molar-refractivity contribution in [2.75, 3.05) is 13.2 Å². The third-order valence-electron chi connectivity index (χ3n) is 2.16. The van der Waals surface area contributed by atoms with Crippen LogP contribution in [0.25, 0.3) is 0 Å². The van der Waals surface area contributed by atoms with Crippen molar-refractivity contribution in [1.82, 2.24) is 0 Å². The SMILES string of the molecule is NO[C@@H]1CO[C@H]2[C@@H]1OC[C@@H]2O. The van der Waals surface area contributed by atoms with Gasteiger partial charge >= 0.3 is 0 Å². The van der Waals surface area contributed by atoms with Gasteiger partial charge in [-0.15, -0.1) is 0 Å². The van der Waals surface area contributed by atoms with Crippen molar-refractivity contribution in [2.45, 2.75) is 24.4 Å². The van der Waals surface area contributed by atoms with Crippen molar-refractivity contribution in [1.29, 1.82) is 0 Å². The molecule has 0 aromatic rings. The van der Waals surface area contributed by atoms with Gasteiger partial charge in [-0.2, -0.15) is 0 Å². The number of ether oxygens (including phenoxy) is 2. The summed E-state index contributed by atoms with van der Waals surface area (Å²) in [4.78, 5) is 4.61. The van der Waals surface area contributed by atoms with Crippen LogP contribution in [0, 0.1) is 0 Å². The molecule has 0 saturated carbocycles. The molecule has 0 spiro atoms. The normalized spacial score (nSPS) is 49.6. The summed E-state index contributed by atoms with van der Waals surface area (Å²) in [5.74, 6) is 4.99. The lowest BCUT2D eigenvalue weighted by atomic mass is 10.1. The monoisotopic (exact) mass is 161 g/mol. The van der Waals surface area contributed by atoms with Crippen molar-refractivity contribution in [3.05, 3.63) is 0 Å². The topological polar surface area (TPSA) is 73.9 Å². The predicted octanol–water partition coefficient (Wildman–Crippen LogP) is -1.60. The minimum absolute atomic E-state index is 0.185. The summed E-state index contributed by atoms with van der Waals surface area (Å²) < 4.78 is 10.4. The molecule has 2 fully saturated rings. The number of hydrogen-bond donors (Lipinski definition) is 2. The molecule has 0 radical (unpaired) electrons. The van der Waals surface area contributed by atoms with Crippen molar-refractivity contribution in [3.8, 4) is 0 Å². The van der Waals surface area contributed by atoms with Gasteiger partial charge in [-0.3, -0.25) is 4.84 Å². The van der Waals surface area contributed by atoms with Crippen molar-refractivity contribution >= 4 is 0 Å². The molecular weight excluding hydrogens is 150 g/mol. The molecule has 5 nitrogen and oxygen atoms in total. The quantitative estimate of drug-likeness (QED) is 0.453. The zero-order valence-corrected chi connectivity index (χ0v) is 5.97. The smallest absolute Gasteiger partial charge is 0.131 e. The second-order valence-corrected chi connectivity index (χ2v) is 2.84. The first kappa shape index (κ1) is 7.45. The highest BCUT2D eigenvalue weighted by atomic mass is 16.7. The molecule has 2 aliphatic rings. The molecule has 0 amide bonds. The minimum atomic E-state index is -0.528. The molecule has 3 N–H and O–H groups in total. The fourth-order valence-electron chi connectivity index (χ4n) is 1.56. The summed E-state index contributed by atoms with van der Waals surface area (Å²) in [6.07, 6.45) is -1.18. The highest BCUT2D eigenvalue weighted by Gasteiger charge is 2.47. The molecule has 0 unspecified atom stereocenters. The average Bonchev–Trinajstić information content (AvgIpc) is 2.53. The van der Waals surface area contributed by atoms with Gasteiger partial charge in [0.05, 0.1) is 13.2 Å². The average molecular weight is 161 g/mol. The zero-order chi connectivity index (χ0) is 7.84. The first-order chi connectivity index (χ1) is 5.33. The Kier molecular flexibility index (Phi) is 1.82. The Morgan fingerprint density at radius 2 is 2.00 bits per heavy atom. The van der Waals surface area contributed by atoms with Crippen LogP contribution in [-0.4, -0.2) is 42.7 Å². The number of aliphatic hydroxyl groups excluding tert-OH is 1. The van der Waals surface area contributed by atoms with Gasteiger partial charge in [0.1, 0.15) is 24.4 Å². The molecule has 0 aromatic carbocycles. The largest absolute Gasteiger partial charge is 0.388 e. The van der Waals surface area contributed by atoms with Crippen molar-refractivity contribution < 1.29 is 19.4 Å². The van der Waals surface area contributed by atoms with E-state index < -0.39 is 6.10 Å². The Labute approximate surface area is 64.0 Å². The summed E-state index contributed by atoms with van der Waals surface area (Å²) in [7, 11) is 0. The van der Waals surface area contributed by atoms with Gasteiger partial charge < -0.3 is 14.6 Å². The van der Waals surface area contributed by atoms with Gasteiger partial charge in [0.25, 0.3) is 0 Å². The third-order valence-corrected chi connectivity index (χ3v) is 2.16. The number of fused-ring (bicyclic) bond motifs is 1. The van der Waals surface area contributed by atoms with Crippen LogP contribution >= 0.6 is 0 Å². The third kappa shape index (κ3) is 1.05. The standard InChI is InChI=1S/C6H11NO4/c7-11-4-2-10-5-3(8)1-9-6(4)5/h3-6,8H,1-2,7H2/t3-,4+,5+,6+/m0/s1. The summed E-state index contributed by atoms with van der Waals surface area (Å²) in [5, 5.41) is 9.27. The molecule has 4 atom stereocenters. The van der Waals surface area contributed by atoms with Crippen LogP contribution in [0.4, 0.5) is 0 Å². The van der Waals surface area contributed by atoms with Gasteiger partial charge in [-0.05, 0) is 0 Å². The number of nitrogens with two attached hydrogens (primary N) is 1. The molecule has 2 heterocycles. The van der Waals surface area contributed by atoms with Gasteiger partial charge in [-0.25, -0.2) is 5.90 Å². The number of aliphatic hydroxyl groups is 1. The molecule has 64 valence electrons. The summed E-state index contributed by atoms with van der Waals surface area (Å²) in [6.45, 7) is 0.720. The second kappa shape index (κ2) is 2.69. The summed E-state index contributed by atoms with van der Waals surface area (Å²) in [5.41, 5.74) is 0. The van der Waals surface area contributed by atoms with Gasteiger partial charge in [-0.1, -0.05) is 0 Å². The second-order valence-electron chi connectivity index (χ2n) is 2.84. The van der Waals surface area contributed by atoms with E-state index in [9.17, 15) is 5.11 Å². The molecular formula is C6H11NO4. The molecule has 0 aliphatic carbocycles. The van der Waals surface area contributed by atoms with E-state index in [1.165, 1.54) is 0 Å². The lowest BCUT2D eigenvalue weighted by Crippen LogP contribution is -2.34. The van der Waals surface area contributed by atoms with Crippen LogP contribution in [0.1, 0.15) is 0 Å². The Hall–Kier alpha value is -0.200. The molecule has 0 aromatic heterocycles. The van der Waals surface area contributed by atoms with Crippen LogP contribution in [0.5, 0.6) is 0 Å². The first-order valence-electron chi connectivity index (χ1n) is 3.59. The molecule has 5 heteroatoms. The number of hydrogen-bond acceptors (Lipinski definition) is 5. The van der Waals surface area contributed by atoms with Gasteiger partial charge in [0.15, 0.2) is 0 Å². The zero-order valence-electron chi connectivity index (χ0n) is 5.97. The van der Waals surface area contributed by atoms with Gasteiger partial charge in [0, 0.05) is 0 Å². The predicted molar refractivity (Wildman–Crippen MR) is 34.5 cm³/mol. The Morgan fingerprint density at radius 3 is 2.73 bits per heavy atom. The highest BCUT2D eigenvalue weighted by Crippen LogP contribution is 2.27. The van der Waals surface area contributed by atoms with E-state index in [0.717, 1.165) is 0 Å². The van der Waals surface area contributed by atoms with Crippen LogP contribution < -0.4 is 5.90 Å². The van der Waals surface area contributed by atoms with E-state index in [2.05, 4.69) is 4.84 Å². The van der Waals surface area contributed by atoms with E-state index in [1.54, 1.807) is 0 Å². The van der Waals surface area contributed by atoms with E-state index >= 15 is 0 Å². The minimum Gasteiger partial charge on any atom is -0.388 e. The summed E-state index contributed by atoms with van der Waals surface area (Å²) in [6, 6.07) is 0. The summed E-state index contributed by atoms with van der Waals surface area (Å²) >= 11 is 0. The Bertz CT molecular complexity index is 154. The highest BCUT2D eigenvalue weighted by molar-refractivity contribution is 4.94. The first-order valence-corrected chi connectivity index (χ1v) is 3.59. The van der Waals surface area contributed by atoms with Crippen LogP contribution in [0.2, 0.25) is 0 Å². The lowest BCUT2D eigenvalue weighted by Gasteiger charge is -2.12. The molecule has 0 bridgehead atoms. The Morgan fingerprint density at radius 1 is 1.27 bits per heavy atom. The fraction of sp³-hybridized carbons (Fsp3) is 1.00. The van der Waals surface area contributed by atoms with Crippen molar-refractivity contribution in [2.24, 2.45) is 5.90 Å². The maximum absolute atomic E-state index is 9.27. The van der Waals surface area contributed by atoms with Crippen molar-refractivity contribution in [3.63, 3.8) is 0 Å². The van der Waals surface area contributed by atoms with Crippen LogP contribution in [-0.2, 0) is 14.3 Å². The van der Waals surface area contributed by atoms with Gasteiger partial charge in [0.2, 0.25) is 0 Å². The maximum Gasteiger partial charge on any atom is 0.131 e. The van der Waals surface area contributed by atoms with E-state index in [4.69, 9.17) is 15.4 Å². The van der Waals surface area contributed by atoms with Crippen LogP contribution in [0.15, 0.2) is 0 Å². The fourth-order valence-corrected chi connectivity index (χ4v) is 1.56. The molecule has 2 aliphatic heterocycles. The molecule has 2 rings (SSSR count). The van der Waals surface area contributed by atoms with E-state index in [1.807, 2.05) is 0 Å². The van der Waals surface area contributed by atoms with Crippen LogP contribution in [0.3, 0.4) is 0 Å². The maximum atomic E-state index is 9.27. The molecule has 11 heavy (non-hydrogen) atoms. The van der Waals surface area contributed by atoms with E-state index in [-0.39, 0.29) is 18.3 Å². The molecule has 2 saturated heterocycles. The van der Waals surface area contributed by atoms with E-state index in [0.29, 0.717) is 13.2 Å². The lowest BCUT2D eigenvalue weighted by molar-refractivity contribution is -0.0381. The Balaban J connectivity index is 2.04. The number of rotatable bonds is 1.